The first kappa shape index (κ1) is 15.8. The van der Waals surface area contributed by atoms with Gasteiger partial charge in [-0.05, 0) is 31.9 Å². The van der Waals surface area contributed by atoms with E-state index in [4.69, 9.17) is 4.74 Å². The standard InChI is InChI=1S/C15H19N3O4S/c1-10-3-4-14(11(2)15(10)19)17-23(20,21)13-7-16-18(8-13)12-5-6-22-9-12/h3-4,7-8,12,17,19H,5-6,9H2,1-2H3. The van der Waals surface area contributed by atoms with Crippen molar-refractivity contribution < 1.29 is 18.3 Å². The molecule has 0 amide bonds. The number of hydrogen-bond donors (Lipinski definition) is 2. The summed E-state index contributed by atoms with van der Waals surface area (Å²) in [5.74, 6) is 0.0870. The van der Waals surface area contributed by atoms with Gasteiger partial charge in [0.15, 0.2) is 0 Å². The topological polar surface area (TPSA) is 93.5 Å². The Bertz CT molecular complexity index is 823. The van der Waals surface area contributed by atoms with Crippen molar-refractivity contribution in [2.24, 2.45) is 0 Å². The first-order chi connectivity index (χ1) is 10.9. The zero-order valence-electron chi connectivity index (χ0n) is 13.0. The van der Waals surface area contributed by atoms with Gasteiger partial charge in [-0.25, -0.2) is 8.42 Å². The minimum absolute atomic E-state index is 0.0732. The Morgan fingerprint density at radius 1 is 1.39 bits per heavy atom. The average Bonchev–Trinajstić information content (AvgIpc) is 3.18. The fourth-order valence-electron chi connectivity index (χ4n) is 2.54. The molecule has 1 unspecified atom stereocenters. The summed E-state index contributed by atoms with van der Waals surface area (Å²) in [5, 5.41) is 14.1. The number of rotatable bonds is 4. The molecular formula is C15H19N3O4S. The maximum absolute atomic E-state index is 12.5. The number of hydrogen-bond acceptors (Lipinski definition) is 5. The summed E-state index contributed by atoms with van der Waals surface area (Å²) in [4.78, 5) is 0.0869. The van der Waals surface area contributed by atoms with E-state index in [0.29, 0.717) is 30.0 Å². The number of phenols is 1. The van der Waals surface area contributed by atoms with Gasteiger partial charge in [0.25, 0.3) is 10.0 Å². The molecule has 7 nitrogen and oxygen atoms in total. The van der Waals surface area contributed by atoms with Gasteiger partial charge in [0.05, 0.1) is 24.5 Å². The number of benzene rings is 1. The first-order valence-corrected chi connectivity index (χ1v) is 8.80. The molecule has 1 saturated heterocycles. The zero-order valence-corrected chi connectivity index (χ0v) is 13.8. The summed E-state index contributed by atoms with van der Waals surface area (Å²) >= 11 is 0. The van der Waals surface area contributed by atoms with Gasteiger partial charge in [0.1, 0.15) is 10.6 Å². The van der Waals surface area contributed by atoms with Gasteiger partial charge in [-0.15, -0.1) is 0 Å². The average molecular weight is 337 g/mol. The molecule has 2 heterocycles. The highest BCUT2D eigenvalue weighted by Crippen LogP contribution is 2.29. The van der Waals surface area contributed by atoms with E-state index in [1.54, 1.807) is 30.7 Å². The summed E-state index contributed by atoms with van der Waals surface area (Å²) in [6, 6.07) is 3.38. The Kier molecular flexibility index (Phi) is 4.03. The molecule has 8 heteroatoms. The normalized spacial score (nSPS) is 18.3. The minimum Gasteiger partial charge on any atom is -0.507 e. The highest BCUT2D eigenvalue weighted by molar-refractivity contribution is 7.92. The summed E-state index contributed by atoms with van der Waals surface area (Å²) in [7, 11) is -3.76. The van der Waals surface area contributed by atoms with Crippen LogP contribution in [0.25, 0.3) is 0 Å². The smallest absolute Gasteiger partial charge is 0.265 e. The van der Waals surface area contributed by atoms with Gasteiger partial charge in [0.2, 0.25) is 0 Å². The molecule has 1 fully saturated rings. The molecule has 0 radical (unpaired) electrons. The number of nitrogens with one attached hydrogen (secondary N) is 1. The van der Waals surface area contributed by atoms with Crippen LogP contribution in [0.5, 0.6) is 5.75 Å². The van der Waals surface area contributed by atoms with Crippen LogP contribution >= 0.6 is 0 Å². The van der Waals surface area contributed by atoms with E-state index in [2.05, 4.69) is 9.82 Å². The van der Waals surface area contributed by atoms with Crippen molar-refractivity contribution in [3.63, 3.8) is 0 Å². The summed E-state index contributed by atoms with van der Waals surface area (Å²) < 4.78 is 34.4. The fourth-order valence-corrected chi connectivity index (χ4v) is 3.60. The molecule has 1 aromatic carbocycles. The van der Waals surface area contributed by atoms with Crippen LogP contribution in [0.1, 0.15) is 23.6 Å². The monoisotopic (exact) mass is 337 g/mol. The Morgan fingerprint density at radius 3 is 2.87 bits per heavy atom. The lowest BCUT2D eigenvalue weighted by Crippen LogP contribution is -2.14. The predicted molar refractivity (Wildman–Crippen MR) is 85.1 cm³/mol. The molecule has 1 aliphatic rings. The quantitative estimate of drug-likeness (QED) is 0.889. The number of aromatic hydroxyl groups is 1. The lowest BCUT2D eigenvalue weighted by Gasteiger charge is -2.12. The largest absolute Gasteiger partial charge is 0.507 e. The molecular weight excluding hydrogens is 318 g/mol. The van der Waals surface area contributed by atoms with E-state index in [0.717, 1.165) is 6.42 Å². The SMILES string of the molecule is Cc1ccc(NS(=O)(=O)c2cnn(C3CCOC3)c2)c(C)c1O. The highest BCUT2D eigenvalue weighted by Gasteiger charge is 2.23. The number of sulfonamides is 1. The van der Waals surface area contributed by atoms with Crippen molar-refractivity contribution in [1.82, 2.24) is 9.78 Å². The third kappa shape index (κ3) is 3.04. The maximum Gasteiger partial charge on any atom is 0.265 e. The van der Waals surface area contributed by atoms with Crippen LogP contribution in [-0.4, -0.2) is 36.5 Å². The highest BCUT2D eigenvalue weighted by atomic mass is 32.2. The van der Waals surface area contributed by atoms with Crippen molar-refractivity contribution in [3.05, 3.63) is 35.7 Å². The number of phenolic OH excluding ortho intramolecular Hbond substituents is 1. The number of aromatic nitrogens is 2. The van der Waals surface area contributed by atoms with E-state index in [1.807, 2.05) is 0 Å². The van der Waals surface area contributed by atoms with E-state index in [1.165, 1.54) is 12.4 Å². The van der Waals surface area contributed by atoms with Crippen molar-refractivity contribution in [2.45, 2.75) is 31.2 Å². The van der Waals surface area contributed by atoms with Crippen LogP contribution in [0.15, 0.2) is 29.4 Å². The molecule has 0 aliphatic carbocycles. The van der Waals surface area contributed by atoms with Crippen LogP contribution in [0.2, 0.25) is 0 Å². The van der Waals surface area contributed by atoms with Gasteiger partial charge >= 0.3 is 0 Å². The molecule has 124 valence electrons. The zero-order chi connectivity index (χ0) is 16.6. The molecule has 1 atom stereocenters. The van der Waals surface area contributed by atoms with Gasteiger partial charge in [0, 0.05) is 18.4 Å². The molecule has 3 rings (SSSR count). The van der Waals surface area contributed by atoms with Gasteiger partial charge in [-0.1, -0.05) is 6.07 Å². The number of nitrogens with zero attached hydrogens (tertiary/aromatic N) is 2. The van der Waals surface area contributed by atoms with Crippen LogP contribution in [0, 0.1) is 13.8 Å². The van der Waals surface area contributed by atoms with E-state index in [9.17, 15) is 13.5 Å². The first-order valence-electron chi connectivity index (χ1n) is 7.32. The minimum atomic E-state index is -3.76. The van der Waals surface area contributed by atoms with Crippen molar-refractivity contribution in [3.8, 4) is 5.75 Å². The van der Waals surface area contributed by atoms with E-state index >= 15 is 0 Å². The van der Waals surface area contributed by atoms with Gasteiger partial charge < -0.3 is 9.84 Å². The number of anilines is 1. The lowest BCUT2D eigenvalue weighted by atomic mass is 10.1. The van der Waals surface area contributed by atoms with Crippen LogP contribution < -0.4 is 4.72 Å². The summed E-state index contributed by atoms with van der Waals surface area (Å²) in [6.07, 6.45) is 3.65. The van der Waals surface area contributed by atoms with E-state index in [-0.39, 0.29) is 16.7 Å². The molecule has 0 saturated carbocycles. The molecule has 2 aromatic rings. The van der Waals surface area contributed by atoms with Crippen LogP contribution in [0.4, 0.5) is 5.69 Å². The molecule has 2 N–H and O–H groups in total. The summed E-state index contributed by atoms with van der Waals surface area (Å²) in [5.41, 5.74) is 1.54. The Labute approximate surface area is 134 Å². The van der Waals surface area contributed by atoms with Crippen molar-refractivity contribution in [2.75, 3.05) is 17.9 Å². The molecule has 23 heavy (non-hydrogen) atoms. The van der Waals surface area contributed by atoms with Crippen LogP contribution in [-0.2, 0) is 14.8 Å². The fraction of sp³-hybridized carbons (Fsp3) is 0.400. The predicted octanol–water partition coefficient (Wildman–Crippen LogP) is 1.97. The molecule has 1 aromatic heterocycles. The Morgan fingerprint density at radius 2 is 2.17 bits per heavy atom. The van der Waals surface area contributed by atoms with E-state index < -0.39 is 10.0 Å². The van der Waals surface area contributed by atoms with Gasteiger partial charge in [-0.2, -0.15) is 5.10 Å². The number of aryl methyl sites for hydroxylation is 1. The molecule has 0 bridgehead atoms. The lowest BCUT2D eigenvalue weighted by molar-refractivity contribution is 0.184. The van der Waals surface area contributed by atoms with Crippen molar-refractivity contribution >= 4 is 15.7 Å². The summed E-state index contributed by atoms with van der Waals surface area (Å²) in [6.45, 7) is 4.63. The number of ether oxygens (including phenoxy) is 1. The molecule has 0 spiro atoms. The van der Waals surface area contributed by atoms with Crippen LogP contribution in [0.3, 0.4) is 0 Å². The Hall–Kier alpha value is -2.06. The maximum atomic E-state index is 12.5. The third-order valence-electron chi connectivity index (χ3n) is 4.04. The van der Waals surface area contributed by atoms with Gasteiger partial charge in [-0.3, -0.25) is 9.40 Å². The second kappa shape index (κ2) is 5.86. The second-order valence-electron chi connectivity index (χ2n) is 5.68. The Balaban J connectivity index is 1.86. The van der Waals surface area contributed by atoms with Crippen molar-refractivity contribution in [1.29, 1.82) is 0 Å². The second-order valence-corrected chi connectivity index (χ2v) is 7.36. The molecule has 1 aliphatic heterocycles. The third-order valence-corrected chi connectivity index (χ3v) is 5.37.